The van der Waals surface area contributed by atoms with Gasteiger partial charge in [-0.05, 0) is 86.1 Å². The van der Waals surface area contributed by atoms with E-state index in [4.69, 9.17) is 40.8 Å². The van der Waals surface area contributed by atoms with E-state index in [1.54, 1.807) is 20.3 Å². The van der Waals surface area contributed by atoms with Gasteiger partial charge in [-0.1, -0.05) is 35.9 Å². The highest BCUT2D eigenvalue weighted by molar-refractivity contribution is 6.34. The average Bonchev–Trinajstić information content (AvgIpc) is 3.63. The average molecular weight is 806 g/mol. The predicted octanol–water partition coefficient (Wildman–Crippen LogP) is 7.86. The Morgan fingerprint density at radius 2 is 1.51 bits per heavy atom. The number of methoxy groups -OCH3 is 2. The summed E-state index contributed by atoms with van der Waals surface area (Å²) in [7, 11) is 5.18. The minimum absolute atomic E-state index is 0.0183. The van der Waals surface area contributed by atoms with Crippen LogP contribution in [0.1, 0.15) is 29.5 Å². The Morgan fingerprint density at radius 1 is 0.877 bits per heavy atom. The van der Waals surface area contributed by atoms with Crippen molar-refractivity contribution in [1.29, 1.82) is 0 Å². The molecule has 2 aliphatic heterocycles. The second kappa shape index (κ2) is 16.9. The number of amides is 1. The lowest BCUT2D eigenvalue weighted by molar-refractivity contribution is -0.137. The number of carboxylic acid groups (broad SMARTS) is 1. The van der Waals surface area contributed by atoms with Gasteiger partial charge in [0.15, 0.2) is 0 Å². The van der Waals surface area contributed by atoms with Gasteiger partial charge in [0.05, 0.1) is 36.0 Å². The molecule has 0 saturated carbocycles. The molecule has 2 saturated heterocycles. The molecule has 2 aliphatic rings. The van der Waals surface area contributed by atoms with E-state index in [0.717, 1.165) is 36.6 Å². The number of carbonyl (C=O) groups is 1. The summed E-state index contributed by atoms with van der Waals surface area (Å²) >= 11 is 6.95. The Labute approximate surface area is 333 Å². The van der Waals surface area contributed by atoms with Gasteiger partial charge in [-0.3, -0.25) is 0 Å². The number of alkyl halides is 3. The molecular weight excluding hydrogens is 763 g/mol. The number of ether oxygens (including phenoxy) is 3. The fourth-order valence-corrected chi connectivity index (χ4v) is 7.50. The van der Waals surface area contributed by atoms with E-state index in [-0.39, 0.29) is 41.4 Å². The maximum atomic E-state index is 14.9. The van der Waals surface area contributed by atoms with Crippen molar-refractivity contribution >= 4 is 40.2 Å². The van der Waals surface area contributed by atoms with Gasteiger partial charge in [-0.25, -0.2) is 9.78 Å². The van der Waals surface area contributed by atoms with Crippen molar-refractivity contribution in [2.75, 3.05) is 70.4 Å². The smallest absolute Gasteiger partial charge is 0.418 e. The molecule has 0 bridgehead atoms. The number of pyridine rings is 1. The monoisotopic (exact) mass is 805 g/mol. The summed E-state index contributed by atoms with van der Waals surface area (Å²) < 4.78 is 61.4. The van der Waals surface area contributed by atoms with Crippen LogP contribution in [0.15, 0.2) is 72.8 Å². The van der Waals surface area contributed by atoms with Crippen LogP contribution in [0.2, 0.25) is 5.02 Å². The number of hydrogen-bond donors (Lipinski definition) is 1. The van der Waals surface area contributed by atoms with Crippen molar-refractivity contribution in [1.82, 2.24) is 24.8 Å². The molecule has 0 aliphatic carbocycles. The lowest BCUT2D eigenvalue weighted by Gasteiger charge is -2.34. The summed E-state index contributed by atoms with van der Waals surface area (Å²) in [4.78, 5) is 33.2. The summed E-state index contributed by atoms with van der Waals surface area (Å²) in [6.07, 6.45) is -3.79. The van der Waals surface area contributed by atoms with E-state index in [9.17, 15) is 23.1 Å². The minimum atomic E-state index is -4.77. The summed E-state index contributed by atoms with van der Waals surface area (Å²) in [5.74, 6) is 2.10. The molecule has 1 atom stereocenters. The third-order valence-electron chi connectivity index (χ3n) is 10.5. The number of fused-ring (bicyclic) bond motifs is 1. The predicted molar refractivity (Wildman–Crippen MR) is 212 cm³/mol. The Bertz CT molecular complexity index is 2150. The van der Waals surface area contributed by atoms with Crippen LogP contribution in [-0.2, 0) is 19.3 Å². The Balaban J connectivity index is 1.32. The van der Waals surface area contributed by atoms with Gasteiger partial charge in [0, 0.05) is 56.3 Å². The minimum Gasteiger partial charge on any atom is -0.497 e. The van der Waals surface area contributed by atoms with Gasteiger partial charge < -0.3 is 38.9 Å². The molecule has 0 spiro atoms. The maximum Gasteiger partial charge on any atom is 0.418 e. The Morgan fingerprint density at radius 3 is 2.05 bits per heavy atom. The number of likely N-dealkylation sites (N-methyl/N-ethyl adjacent to an activating group) is 1. The third kappa shape index (κ3) is 9.04. The molecule has 57 heavy (non-hydrogen) atoms. The highest BCUT2D eigenvalue weighted by atomic mass is 35.5. The maximum absolute atomic E-state index is 14.9. The molecule has 0 radical (unpaired) electrons. The fraction of sp³-hybridized carbons (Fsp3) is 0.366. The molecule has 12 nitrogen and oxygen atoms in total. The van der Waals surface area contributed by atoms with Crippen LogP contribution < -0.4 is 24.0 Å². The van der Waals surface area contributed by atoms with Crippen LogP contribution in [-0.4, -0.2) is 103 Å². The highest BCUT2D eigenvalue weighted by Gasteiger charge is 2.36. The van der Waals surface area contributed by atoms with E-state index in [2.05, 4.69) is 4.90 Å². The van der Waals surface area contributed by atoms with Crippen molar-refractivity contribution in [2.45, 2.75) is 38.1 Å². The van der Waals surface area contributed by atoms with E-state index in [1.807, 2.05) is 65.4 Å². The number of halogens is 4. The molecule has 5 aromatic rings. The van der Waals surface area contributed by atoms with Crippen LogP contribution in [0.3, 0.4) is 0 Å². The normalized spacial score (nSPS) is 16.2. The molecule has 1 unspecified atom stereocenters. The summed E-state index contributed by atoms with van der Waals surface area (Å²) in [5.41, 5.74) is 0.812. The van der Waals surface area contributed by atoms with Gasteiger partial charge in [-0.2, -0.15) is 23.1 Å². The quantitative estimate of drug-likeness (QED) is 0.133. The molecular formula is C41H43ClF3N7O5. The van der Waals surface area contributed by atoms with Gasteiger partial charge in [0.1, 0.15) is 29.7 Å². The lowest BCUT2D eigenvalue weighted by atomic mass is 10.0. The van der Waals surface area contributed by atoms with Crippen LogP contribution in [0.5, 0.6) is 17.5 Å². The molecule has 300 valence electrons. The number of hydrogen-bond acceptors (Lipinski definition) is 10. The van der Waals surface area contributed by atoms with Gasteiger partial charge in [0.2, 0.25) is 0 Å². The first-order chi connectivity index (χ1) is 27.4. The fourth-order valence-electron chi connectivity index (χ4n) is 7.25. The number of piperazine rings is 1. The van der Waals surface area contributed by atoms with Crippen molar-refractivity contribution in [3.8, 4) is 28.8 Å². The molecule has 3 aromatic carbocycles. The van der Waals surface area contributed by atoms with Crippen molar-refractivity contribution in [3.63, 3.8) is 0 Å². The second-order valence-electron chi connectivity index (χ2n) is 14.1. The van der Waals surface area contributed by atoms with Gasteiger partial charge in [-0.15, -0.1) is 0 Å². The molecule has 1 amide bonds. The first-order valence-electron chi connectivity index (χ1n) is 18.6. The van der Waals surface area contributed by atoms with E-state index >= 15 is 0 Å². The Hall–Kier alpha value is -5.54. The van der Waals surface area contributed by atoms with Crippen molar-refractivity contribution < 1.29 is 37.3 Å². The third-order valence-corrected chi connectivity index (χ3v) is 10.8. The highest BCUT2D eigenvalue weighted by Crippen LogP contribution is 2.42. The number of rotatable bonds is 12. The second-order valence-corrected chi connectivity index (χ2v) is 14.5. The molecule has 4 heterocycles. The number of aromatic nitrogens is 3. The largest absolute Gasteiger partial charge is 0.497 e. The lowest BCUT2D eigenvalue weighted by Crippen LogP contribution is -2.48. The molecule has 2 aromatic heterocycles. The standard InChI is InChI=1S/C41H43ClF3N7O5/c1-49-16-4-5-28(49)25-57-39-46-35-22-31(34(42)21-32(35)38(48-39)50-17-19-51(20-18-50)40(53)54)37-33(41(43,44)45)14-15-36(47-37)52(23-26-6-10-29(55-2)11-7-26)24-27-8-12-30(56-3)13-9-27/h6-15,21-22,28H,4-5,16-20,23-25H2,1-3H3,(H,53,54). The number of benzene rings is 3. The summed E-state index contributed by atoms with van der Waals surface area (Å²) in [5, 5.41) is 10.1. The molecule has 2 fully saturated rings. The van der Waals surface area contributed by atoms with Crippen molar-refractivity contribution in [3.05, 3.63) is 94.5 Å². The van der Waals surface area contributed by atoms with Crippen LogP contribution in [0, 0.1) is 0 Å². The summed E-state index contributed by atoms with van der Waals surface area (Å²) in [6.45, 7) is 3.07. The SMILES string of the molecule is COc1ccc(CN(Cc2ccc(OC)cc2)c2ccc(C(F)(F)F)c(-c3cc4nc(OCC5CCCN5C)nc(N5CCN(C(=O)O)CC5)c4cc3Cl)n2)cc1. The zero-order valence-electron chi connectivity index (χ0n) is 31.8. The van der Waals surface area contributed by atoms with Crippen LogP contribution in [0.25, 0.3) is 22.2 Å². The van der Waals surface area contributed by atoms with E-state index < -0.39 is 17.8 Å². The Kier molecular flexibility index (Phi) is 11.8. The number of anilines is 2. The first kappa shape index (κ1) is 39.7. The van der Waals surface area contributed by atoms with Crippen LogP contribution >= 0.6 is 11.6 Å². The zero-order valence-corrected chi connectivity index (χ0v) is 32.6. The molecule has 1 N–H and O–H groups in total. The van der Waals surface area contributed by atoms with Gasteiger partial charge >= 0.3 is 18.3 Å². The van der Waals surface area contributed by atoms with E-state index in [0.29, 0.717) is 66.8 Å². The zero-order chi connectivity index (χ0) is 40.3. The topological polar surface area (TPSA) is 117 Å². The van der Waals surface area contributed by atoms with Gasteiger partial charge in [0.25, 0.3) is 0 Å². The van der Waals surface area contributed by atoms with Crippen LogP contribution in [0.4, 0.5) is 29.6 Å². The molecule has 16 heteroatoms. The summed E-state index contributed by atoms with van der Waals surface area (Å²) in [6, 6.07) is 20.6. The van der Waals surface area contributed by atoms with Crippen molar-refractivity contribution in [2.24, 2.45) is 0 Å². The number of likely N-dealkylation sites (tertiary alicyclic amines) is 1. The van der Waals surface area contributed by atoms with E-state index in [1.165, 1.54) is 17.0 Å². The molecule has 7 rings (SSSR count). The first-order valence-corrected chi connectivity index (χ1v) is 18.9. The number of nitrogens with zero attached hydrogens (tertiary/aromatic N) is 7.